The summed E-state index contributed by atoms with van der Waals surface area (Å²) in [7, 11) is 1.49. The van der Waals surface area contributed by atoms with Crippen molar-refractivity contribution in [1.29, 1.82) is 0 Å². The molecule has 9 heteroatoms. The number of rotatable bonds is 6. The normalized spacial score (nSPS) is 15.4. The number of pyridine rings is 1. The monoisotopic (exact) mass is 396 g/mol. The minimum Gasteiger partial charge on any atom is -0.495 e. The number of nitrogens with zero attached hydrogens (tertiary/aromatic N) is 3. The molecule has 8 nitrogen and oxygen atoms in total. The predicted octanol–water partition coefficient (Wildman–Crippen LogP) is 3.83. The Hall–Kier alpha value is -3.46. The number of anilines is 1. The van der Waals surface area contributed by atoms with Gasteiger partial charge in [-0.2, -0.15) is 0 Å². The standard InChI is InChI=1S/C19H16N4O4S/c1-27-16-7-6-12(23(25)26)10-15(16)21-18-17-14(5-2-8-20-17)19(24)22(18)11-13-4-3-9-28-13/h2-10,18,21H,11H2,1H3/t18-/m0/s1. The van der Waals surface area contributed by atoms with Crippen LogP contribution in [0.3, 0.4) is 0 Å². The first-order valence-electron chi connectivity index (χ1n) is 8.45. The molecule has 0 radical (unpaired) electrons. The van der Waals surface area contributed by atoms with E-state index >= 15 is 0 Å². The largest absolute Gasteiger partial charge is 0.495 e. The van der Waals surface area contributed by atoms with E-state index in [1.807, 2.05) is 17.5 Å². The molecule has 1 aromatic carbocycles. The molecule has 1 amide bonds. The zero-order valence-electron chi connectivity index (χ0n) is 14.9. The van der Waals surface area contributed by atoms with E-state index in [0.717, 1.165) is 4.88 Å². The van der Waals surface area contributed by atoms with Crippen molar-refractivity contribution in [1.82, 2.24) is 9.88 Å². The molecule has 0 saturated carbocycles. The van der Waals surface area contributed by atoms with Crippen LogP contribution in [0.1, 0.15) is 27.1 Å². The molecule has 0 unspecified atom stereocenters. The maximum absolute atomic E-state index is 13.0. The predicted molar refractivity (Wildman–Crippen MR) is 104 cm³/mol. The molecule has 1 N–H and O–H groups in total. The molecule has 2 aromatic heterocycles. The van der Waals surface area contributed by atoms with Gasteiger partial charge in [0.2, 0.25) is 0 Å². The number of fused-ring (bicyclic) bond motifs is 1. The fourth-order valence-electron chi connectivity index (χ4n) is 3.19. The van der Waals surface area contributed by atoms with Crippen molar-refractivity contribution in [2.75, 3.05) is 12.4 Å². The number of benzene rings is 1. The Balaban J connectivity index is 1.74. The second kappa shape index (κ2) is 7.28. The molecule has 1 aliphatic heterocycles. The van der Waals surface area contributed by atoms with Crippen LogP contribution in [0.5, 0.6) is 5.75 Å². The summed E-state index contributed by atoms with van der Waals surface area (Å²) in [6.07, 6.45) is 1.06. The summed E-state index contributed by atoms with van der Waals surface area (Å²) < 4.78 is 5.34. The van der Waals surface area contributed by atoms with E-state index in [-0.39, 0.29) is 11.6 Å². The number of carbonyl (C=O) groups is 1. The van der Waals surface area contributed by atoms with E-state index < -0.39 is 11.1 Å². The Labute approximate surface area is 164 Å². The van der Waals surface area contributed by atoms with Gasteiger partial charge in [-0.15, -0.1) is 11.3 Å². The highest BCUT2D eigenvalue weighted by Gasteiger charge is 2.38. The van der Waals surface area contributed by atoms with Gasteiger partial charge in [0, 0.05) is 23.2 Å². The minimum atomic E-state index is -0.568. The van der Waals surface area contributed by atoms with Gasteiger partial charge in [0.15, 0.2) is 0 Å². The molecule has 0 bridgehead atoms. The number of nitro benzene ring substituents is 1. The summed E-state index contributed by atoms with van der Waals surface area (Å²) in [6.45, 7) is 0.405. The van der Waals surface area contributed by atoms with Gasteiger partial charge >= 0.3 is 0 Å². The van der Waals surface area contributed by atoms with Gasteiger partial charge in [-0.05, 0) is 29.6 Å². The first-order valence-corrected chi connectivity index (χ1v) is 9.33. The van der Waals surface area contributed by atoms with E-state index in [2.05, 4.69) is 10.3 Å². The van der Waals surface area contributed by atoms with Crippen molar-refractivity contribution in [2.45, 2.75) is 12.7 Å². The zero-order chi connectivity index (χ0) is 19.7. The van der Waals surface area contributed by atoms with Gasteiger partial charge in [-0.25, -0.2) is 0 Å². The van der Waals surface area contributed by atoms with Crippen LogP contribution < -0.4 is 10.1 Å². The molecular formula is C19H16N4O4S. The fourth-order valence-corrected chi connectivity index (χ4v) is 3.89. The molecule has 0 spiro atoms. The second-order valence-electron chi connectivity index (χ2n) is 6.14. The van der Waals surface area contributed by atoms with Crippen LogP contribution in [0, 0.1) is 10.1 Å². The van der Waals surface area contributed by atoms with Crippen LogP contribution in [0.2, 0.25) is 0 Å². The Morgan fingerprint density at radius 1 is 1.32 bits per heavy atom. The lowest BCUT2D eigenvalue weighted by molar-refractivity contribution is -0.384. The van der Waals surface area contributed by atoms with Gasteiger partial charge < -0.3 is 15.0 Å². The third-order valence-corrected chi connectivity index (χ3v) is 5.35. The number of nitrogens with one attached hydrogen (secondary N) is 1. The molecule has 1 atom stereocenters. The van der Waals surface area contributed by atoms with Crippen LogP contribution in [0.15, 0.2) is 54.0 Å². The summed E-state index contributed by atoms with van der Waals surface area (Å²) >= 11 is 1.56. The summed E-state index contributed by atoms with van der Waals surface area (Å²) in [5.41, 5.74) is 1.45. The van der Waals surface area contributed by atoms with Crippen molar-refractivity contribution in [2.24, 2.45) is 0 Å². The van der Waals surface area contributed by atoms with Gasteiger partial charge in [0.25, 0.3) is 11.6 Å². The number of carbonyl (C=O) groups excluding carboxylic acids is 1. The van der Waals surface area contributed by atoms with E-state index in [0.29, 0.717) is 29.2 Å². The number of aromatic nitrogens is 1. The lowest BCUT2D eigenvalue weighted by atomic mass is 10.2. The van der Waals surface area contributed by atoms with Gasteiger partial charge in [-0.1, -0.05) is 6.07 Å². The third kappa shape index (κ3) is 3.16. The molecule has 142 valence electrons. The molecule has 1 aliphatic rings. The molecule has 4 rings (SSSR count). The number of hydrogen-bond acceptors (Lipinski definition) is 7. The second-order valence-corrected chi connectivity index (χ2v) is 7.17. The Morgan fingerprint density at radius 2 is 2.18 bits per heavy atom. The number of non-ortho nitro benzene ring substituents is 1. The van der Waals surface area contributed by atoms with E-state index in [9.17, 15) is 14.9 Å². The smallest absolute Gasteiger partial charge is 0.271 e. The van der Waals surface area contributed by atoms with Crippen LogP contribution in [-0.4, -0.2) is 27.8 Å². The van der Waals surface area contributed by atoms with Gasteiger partial charge in [0.1, 0.15) is 11.9 Å². The number of methoxy groups -OCH3 is 1. The molecule has 0 saturated heterocycles. The van der Waals surface area contributed by atoms with Crippen LogP contribution in [0.25, 0.3) is 0 Å². The average molecular weight is 396 g/mol. The summed E-state index contributed by atoms with van der Waals surface area (Å²) in [5.74, 6) is 0.303. The number of amides is 1. The molecule has 0 aliphatic carbocycles. The summed E-state index contributed by atoms with van der Waals surface area (Å²) in [4.78, 5) is 30.7. The quantitative estimate of drug-likeness (QED) is 0.502. The summed E-state index contributed by atoms with van der Waals surface area (Å²) in [5, 5.41) is 16.4. The number of thiophene rings is 1. The van der Waals surface area contributed by atoms with E-state index in [1.54, 1.807) is 34.6 Å². The van der Waals surface area contributed by atoms with Crippen molar-refractivity contribution in [3.8, 4) is 5.75 Å². The van der Waals surface area contributed by atoms with Crippen LogP contribution in [-0.2, 0) is 6.54 Å². The zero-order valence-corrected chi connectivity index (χ0v) is 15.7. The first kappa shape index (κ1) is 17.9. The van der Waals surface area contributed by atoms with Crippen molar-refractivity contribution in [3.63, 3.8) is 0 Å². The van der Waals surface area contributed by atoms with Crippen molar-refractivity contribution < 1.29 is 14.5 Å². The van der Waals surface area contributed by atoms with E-state index in [4.69, 9.17) is 4.74 Å². The van der Waals surface area contributed by atoms with Crippen LogP contribution >= 0.6 is 11.3 Å². The van der Waals surface area contributed by atoms with Crippen molar-refractivity contribution >= 4 is 28.6 Å². The lowest BCUT2D eigenvalue weighted by Crippen LogP contribution is -2.31. The van der Waals surface area contributed by atoms with Crippen LogP contribution in [0.4, 0.5) is 11.4 Å². The number of ether oxygens (including phenoxy) is 1. The maximum Gasteiger partial charge on any atom is 0.271 e. The highest BCUT2D eigenvalue weighted by Crippen LogP contribution is 2.38. The fraction of sp³-hybridized carbons (Fsp3) is 0.158. The molecule has 28 heavy (non-hydrogen) atoms. The third-order valence-electron chi connectivity index (χ3n) is 4.49. The molecule has 0 fully saturated rings. The molecule has 3 aromatic rings. The summed E-state index contributed by atoms with van der Waals surface area (Å²) in [6, 6.07) is 11.6. The number of hydrogen-bond donors (Lipinski definition) is 1. The Kier molecular flexibility index (Phi) is 4.66. The first-order chi connectivity index (χ1) is 13.6. The van der Waals surface area contributed by atoms with Gasteiger partial charge in [-0.3, -0.25) is 19.9 Å². The maximum atomic E-state index is 13.0. The Bertz CT molecular complexity index is 1040. The van der Waals surface area contributed by atoms with Gasteiger partial charge in [0.05, 0.1) is 35.5 Å². The van der Waals surface area contributed by atoms with Crippen molar-refractivity contribution in [3.05, 3.63) is 80.3 Å². The molecular weight excluding hydrogens is 380 g/mol. The molecule has 3 heterocycles. The highest BCUT2D eigenvalue weighted by molar-refractivity contribution is 7.09. The average Bonchev–Trinajstić information content (AvgIpc) is 3.31. The Morgan fingerprint density at radius 3 is 2.89 bits per heavy atom. The number of nitro groups is 1. The minimum absolute atomic E-state index is 0.0707. The van der Waals surface area contributed by atoms with E-state index in [1.165, 1.54) is 25.3 Å². The lowest BCUT2D eigenvalue weighted by Gasteiger charge is -2.26. The SMILES string of the molecule is COc1ccc([N+](=O)[O-])cc1N[C@@H]1c2ncccc2C(=O)N1Cc1cccs1. The highest BCUT2D eigenvalue weighted by atomic mass is 32.1. The topological polar surface area (TPSA) is 97.6 Å².